The van der Waals surface area contributed by atoms with Gasteiger partial charge in [0.1, 0.15) is 11.6 Å². The zero-order chi connectivity index (χ0) is 15.5. The van der Waals surface area contributed by atoms with Crippen LogP contribution in [-0.4, -0.2) is 19.6 Å². The monoisotopic (exact) mass is 295 g/mol. The smallest absolute Gasteiger partial charge is 0.269 e. The highest BCUT2D eigenvalue weighted by Crippen LogP contribution is 2.21. The summed E-state index contributed by atoms with van der Waals surface area (Å²) < 4.78 is 1.95. The number of phenolic OH excluding ortho intramolecular Hbond substituents is 1. The first-order valence-electron chi connectivity index (χ1n) is 6.67. The predicted molar refractivity (Wildman–Crippen MR) is 81.5 cm³/mol. The molecule has 22 heavy (non-hydrogen) atoms. The van der Waals surface area contributed by atoms with Gasteiger partial charge in [0.15, 0.2) is 0 Å². The normalized spacial score (nSPS) is 10.5. The van der Waals surface area contributed by atoms with Crippen molar-refractivity contribution in [2.24, 2.45) is 0 Å². The van der Waals surface area contributed by atoms with Crippen LogP contribution in [0, 0.1) is 10.1 Å². The van der Waals surface area contributed by atoms with Gasteiger partial charge in [-0.2, -0.15) is 0 Å². The molecule has 0 saturated carbocycles. The zero-order valence-corrected chi connectivity index (χ0v) is 11.6. The number of nitro groups is 1. The van der Waals surface area contributed by atoms with Crippen molar-refractivity contribution < 1.29 is 10.0 Å². The molecule has 0 bridgehead atoms. The number of hydrogen-bond acceptors (Lipinski definition) is 4. The van der Waals surface area contributed by atoms with E-state index in [1.807, 2.05) is 10.8 Å². The van der Waals surface area contributed by atoms with Crippen molar-refractivity contribution in [3.8, 4) is 17.1 Å². The molecule has 0 spiro atoms. The van der Waals surface area contributed by atoms with Crippen LogP contribution >= 0.6 is 0 Å². The second kappa shape index (κ2) is 5.69. The summed E-state index contributed by atoms with van der Waals surface area (Å²) in [5.74, 6) is 0.982. The van der Waals surface area contributed by atoms with Gasteiger partial charge in [-0.1, -0.05) is 12.1 Å². The number of aromatic nitrogens is 2. The van der Waals surface area contributed by atoms with Crippen molar-refractivity contribution >= 4 is 5.69 Å². The molecule has 1 aromatic heterocycles. The summed E-state index contributed by atoms with van der Waals surface area (Å²) in [5, 5.41) is 20.0. The van der Waals surface area contributed by atoms with Crippen LogP contribution < -0.4 is 0 Å². The Morgan fingerprint density at radius 3 is 2.41 bits per heavy atom. The highest BCUT2D eigenvalue weighted by Gasteiger charge is 2.08. The van der Waals surface area contributed by atoms with Gasteiger partial charge >= 0.3 is 0 Å². The second-order valence-corrected chi connectivity index (χ2v) is 4.85. The van der Waals surface area contributed by atoms with Crippen molar-refractivity contribution in [3.05, 3.63) is 76.6 Å². The van der Waals surface area contributed by atoms with Gasteiger partial charge in [-0.15, -0.1) is 0 Å². The molecule has 0 aliphatic rings. The van der Waals surface area contributed by atoms with Gasteiger partial charge in [0.05, 0.1) is 4.92 Å². The van der Waals surface area contributed by atoms with Crippen molar-refractivity contribution in [2.75, 3.05) is 0 Å². The molecule has 3 aromatic rings. The summed E-state index contributed by atoms with van der Waals surface area (Å²) >= 11 is 0. The third-order valence-corrected chi connectivity index (χ3v) is 3.34. The summed E-state index contributed by atoms with van der Waals surface area (Å²) in [7, 11) is 0. The molecule has 3 rings (SSSR count). The molecular formula is C16H13N3O3. The molecule has 0 unspecified atom stereocenters. The third-order valence-electron chi connectivity index (χ3n) is 3.34. The van der Waals surface area contributed by atoms with Gasteiger partial charge in [0, 0.05) is 36.6 Å². The predicted octanol–water partition coefficient (Wildman–Crippen LogP) is 3.21. The second-order valence-electron chi connectivity index (χ2n) is 4.85. The van der Waals surface area contributed by atoms with Crippen LogP contribution in [0.4, 0.5) is 5.69 Å². The van der Waals surface area contributed by atoms with Crippen LogP contribution in [0.25, 0.3) is 11.4 Å². The summed E-state index contributed by atoms with van der Waals surface area (Å²) in [4.78, 5) is 14.6. The van der Waals surface area contributed by atoms with Crippen molar-refractivity contribution in [1.82, 2.24) is 9.55 Å². The Morgan fingerprint density at radius 1 is 1.09 bits per heavy atom. The SMILES string of the molecule is O=[N+]([O-])c1ccc(Cn2ccnc2-c2ccc(O)cc2)cc1. The Bertz CT molecular complexity index is 792. The summed E-state index contributed by atoms with van der Waals surface area (Å²) in [6, 6.07) is 13.3. The highest BCUT2D eigenvalue weighted by molar-refractivity contribution is 5.56. The summed E-state index contributed by atoms with van der Waals surface area (Å²) in [6.07, 6.45) is 3.55. The molecule has 1 heterocycles. The summed E-state index contributed by atoms with van der Waals surface area (Å²) in [5.41, 5.74) is 1.92. The molecule has 0 radical (unpaired) electrons. The Hall–Kier alpha value is -3.15. The Balaban J connectivity index is 1.86. The Morgan fingerprint density at radius 2 is 1.77 bits per heavy atom. The van der Waals surface area contributed by atoms with Gasteiger partial charge < -0.3 is 9.67 Å². The Labute approximate surface area is 126 Å². The Kier molecular flexibility index (Phi) is 3.57. The standard InChI is InChI=1S/C16H13N3O3/c20-15-7-3-13(4-8-15)16-17-9-10-18(16)11-12-1-5-14(6-2-12)19(21)22/h1-10,20H,11H2. The molecule has 0 aliphatic heterocycles. The average molecular weight is 295 g/mol. The molecule has 0 saturated heterocycles. The van der Waals surface area contributed by atoms with E-state index >= 15 is 0 Å². The molecule has 6 heteroatoms. The maximum Gasteiger partial charge on any atom is 0.269 e. The van der Waals surface area contributed by atoms with E-state index in [2.05, 4.69) is 4.98 Å². The first-order valence-corrected chi connectivity index (χ1v) is 6.67. The average Bonchev–Trinajstić information content (AvgIpc) is 2.97. The quantitative estimate of drug-likeness (QED) is 0.592. The van der Waals surface area contributed by atoms with Gasteiger partial charge in [-0.05, 0) is 29.8 Å². The topological polar surface area (TPSA) is 81.2 Å². The van der Waals surface area contributed by atoms with Crippen molar-refractivity contribution in [1.29, 1.82) is 0 Å². The number of benzene rings is 2. The number of imidazole rings is 1. The molecule has 110 valence electrons. The minimum absolute atomic E-state index is 0.0770. The number of aromatic hydroxyl groups is 1. The number of non-ortho nitro benzene ring substituents is 1. The first-order chi connectivity index (χ1) is 10.6. The fourth-order valence-electron chi connectivity index (χ4n) is 2.23. The fourth-order valence-corrected chi connectivity index (χ4v) is 2.23. The lowest BCUT2D eigenvalue weighted by molar-refractivity contribution is -0.384. The van der Waals surface area contributed by atoms with Gasteiger partial charge in [-0.25, -0.2) is 4.98 Å². The molecule has 0 amide bonds. The van der Waals surface area contributed by atoms with E-state index < -0.39 is 4.92 Å². The van der Waals surface area contributed by atoms with Crippen molar-refractivity contribution in [3.63, 3.8) is 0 Å². The van der Waals surface area contributed by atoms with Gasteiger partial charge in [-0.3, -0.25) is 10.1 Å². The lowest BCUT2D eigenvalue weighted by atomic mass is 10.2. The van der Waals surface area contributed by atoms with E-state index in [0.29, 0.717) is 6.54 Å². The van der Waals surface area contributed by atoms with Crippen LogP contribution in [0.15, 0.2) is 60.9 Å². The van der Waals surface area contributed by atoms with Gasteiger partial charge in [0.25, 0.3) is 5.69 Å². The molecule has 0 aliphatic carbocycles. The van der Waals surface area contributed by atoms with E-state index in [1.165, 1.54) is 12.1 Å². The number of nitrogens with zero attached hydrogens (tertiary/aromatic N) is 3. The number of nitro benzene ring substituents is 1. The lowest BCUT2D eigenvalue weighted by Gasteiger charge is -2.08. The molecular weight excluding hydrogens is 282 g/mol. The zero-order valence-electron chi connectivity index (χ0n) is 11.6. The minimum Gasteiger partial charge on any atom is -0.508 e. The number of hydrogen-bond donors (Lipinski definition) is 1. The number of phenols is 1. The van der Waals surface area contributed by atoms with Crippen LogP contribution in [0.1, 0.15) is 5.56 Å². The van der Waals surface area contributed by atoms with Crippen LogP contribution in [0.3, 0.4) is 0 Å². The van der Waals surface area contributed by atoms with Crippen LogP contribution in [0.5, 0.6) is 5.75 Å². The molecule has 2 aromatic carbocycles. The molecule has 0 atom stereocenters. The van der Waals surface area contributed by atoms with E-state index in [0.717, 1.165) is 17.0 Å². The van der Waals surface area contributed by atoms with Crippen molar-refractivity contribution in [2.45, 2.75) is 6.54 Å². The van der Waals surface area contributed by atoms with E-state index in [1.54, 1.807) is 42.6 Å². The van der Waals surface area contributed by atoms with Crippen LogP contribution in [0.2, 0.25) is 0 Å². The van der Waals surface area contributed by atoms with Gasteiger partial charge in [0.2, 0.25) is 0 Å². The van der Waals surface area contributed by atoms with E-state index in [4.69, 9.17) is 0 Å². The van der Waals surface area contributed by atoms with E-state index in [9.17, 15) is 15.2 Å². The summed E-state index contributed by atoms with van der Waals surface area (Å²) in [6.45, 7) is 0.564. The highest BCUT2D eigenvalue weighted by atomic mass is 16.6. The molecule has 0 fully saturated rings. The first kappa shape index (κ1) is 13.8. The molecule has 1 N–H and O–H groups in total. The third kappa shape index (κ3) is 2.80. The fraction of sp³-hybridized carbons (Fsp3) is 0.0625. The largest absolute Gasteiger partial charge is 0.508 e. The maximum atomic E-state index is 10.7. The maximum absolute atomic E-state index is 10.7. The minimum atomic E-state index is -0.414. The molecule has 6 nitrogen and oxygen atoms in total. The van der Waals surface area contributed by atoms with E-state index in [-0.39, 0.29) is 11.4 Å². The number of rotatable bonds is 4. The lowest BCUT2D eigenvalue weighted by Crippen LogP contribution is -2.01. The van der Waals surface area contributed by atoms with Crippen LogP contribution in [-0.2, 0) is 6.54 Å².